The van der Waals surface area contributed by atoms with Crippen LogP contribution >= 0.6 is 23.2 Å². The lowest BCUT2D eigenvalue weighted by Crippen LogP contribution is -2.44. The standard InChI is InChI=1S/C16H21Cl2NO3/c1-16(2,3)22-15(20)19-9-7-11(8-10-19)21-14-12(17)5-4-6-13(14)18/h4-6,11H,7-10H2,1-3H3. The molecule has 0 radical (unpaired) electrons. The lowest BCUT2D eigenvalue weighted by molar-refractivity contribution is 0.0127. The van der Waals surface area contributed by atoms with Crippen molar-refractivity contribution in [2.24, 2.45) is 0 Å². The zero-order valence-electron chi connectivity index (χ0n) is 13.1. The average Bonchev–Trinajstić information content (AvgIpc) is 2.42. The van der Waals surface area contributed by atoms with Gasteiger partial charge in [0.2, 0.25) is 0 Å². The molecular weight excluding hydrogens is 325 g/mol. The molecule has 1 heterocycles. The average molecular weight is 346 g/mol. The van der Waals surface area contributed by atoms with E-state index in [0.717, 1.165) is 12.8 Å². The minimum absolute atomic E-state index is 0.00362. The third kappa shape index (κ3) is 4.68. The Kier molecular flexibility index (Phi) is 5.45. The molecule has 0 bridgehead atoms. The van der Waals surface area contributed by atoms with Crippen molar-refractivity contribution in [1.82, 2.24) is 4.90 Å². The van der Waals surface area contributed by atoms with Crippen molar-refractivity contribution in [3.63, 3.8) is 0 Å². The van der Waals surface area contributed by atoms with Crippen molar-refractivity contribution in [3.8, 4) is 5.75 Å². The molecule has 2 rings (SSSR count). The maximum absolute atomic E-state index is 12.0. The summed E-state index contributed by atoms with van der Waals surface area (Å²) in [5.74, 6) is 0.515. The summed E-state index contributed by atoms with van der Waals surface area (Å²) in [4.78, 5) is 13.7. The molecule has 0 aliphatic carbocycles. The number of carbonyl (C=O) groups is 1. The van der Waals surface area contributed by atoms with Crippen LogP contribution in [0.3, 0.4) is 0 Å². The maximum atomic E-state index is 12.0. The SMILES string of the molecule is CC(C)(C)OC(=O)N1CCC(Oc2c(Cl)cccc2Cl)CC1. The second-order valence-corrected chi connectivity index (χ2v) is 7.15. The van der Waals surface area contributed by atoms with E-state index in [1.54, 1.807) is 23.1 Å². The second-order valence-electron chi connectivity index (χ2n) is 6.34. The number of halogens is 2. The number of amides is 1. The summed E-state index contributed by atoms with van der Waals surface area (Å²) in [5, 5.41) is 1.00. The fraction of sp³-hybridized carbons (Fsp3) is 0.562. The number of hydrogen-bond donors (Lipinski definition) is 0. The third-order valence-corrected chi connectivity index (χ3v) is 3.89. The van der Waals surface area contributed by atoms with Gasteiger partial charge < -0.3 is 14.4 Å². The Bertz CT molecular complexity index is 514. The molecule has 1 amide bonds. The molecule has 22 heavy (non-hydrogen) atoms. The van der Waals surface area contributed by atoms with E-state index in [1.807, 2.05) is 20.8 Å². The number of carbonyl (C=O) groups excluding carboxylic acids is 1. The summed E-state index contributed by atoms with van der Waals surface area (Å²) in [6, 6.07) is 5.28. The highest BCUT2D eigenvalue weighted by atomic mass is 35.5. The number of hydrogen-bond acceptors (Lipinski definition) is 3. The first-order valence-corrected chi connectivity index (χ1v) is 8.10. The second kappa shape index (κ2) is 6.97. The fourth-order valence-corrected chi connectivity index (χ4v) is 2.73. The van der Waals surface area contributed by atoms with Crippen molar-refractivity contribution in [2.45, 2.75) is 45.3 Å². The van der Waals surface area contributed by atoms with Crippen LogP contribution in [0.1, 0.15) is 33.6 Å². The van der Waals surface area contributed by atoms with Crippen molar-refractivity contribution in [3.05, 3.63) is 28.2 Å². The van der Waals surface area contributed by atoms with E-state index in [9.17, 15) is 4.79 Å². The van der Waals surface area contributed by atoms with E-state index >= 15 is 0 Å². The quantitative estimate of drug-likeness (QED) is 0.774. The first-order valence-electron chi connectivity index (χ1n) is 7.35. The molecule has 0 saturated carbocycles. The van der Waals surface area contributed by atoms with Gasteiger partial charge in [-0.05, 0) is 32.9 Å². The Morgan fingerprint density at radius 3 is 2.23 bits per heavy atom. The zero-order valence-corrected chi connectivity index (χ0v) is 14.6. The summed E-state index contributed by atoms with van der Waals surface area (Å²) < 4.78 is 11.3. The molecule has 1 aliphatic heterocycles. The van der Waals surface area contributed by atoms with E-state index in [4.69, 9.17) is 32.7 Å². The van der Waals surface area contributed by atoms with E-state index in [1.165, 1.54) is 0 Å². The molecule has 6 heteroatoms. The highest BCUT2D eigenvalue weighted by Crippen LogP contribution is 2.34. The number of ether oxygens (including phenoxy) is 2. The fourth-order valence-electron chi connectivity index (χ4n) is 2.24. The van der Waals surface area contributed by atoms with Gasteiger partial charge in [-0.25, -0.2) is 4.79 Å². The van der Waals surface area contributed by atoms with Gasteiger partial charge in [0.15, 0.2) is 5.75 Å². The van der Waals surface area contributed by atoms with Gasteiger partial charge in [-0.15, -0.1) is 0 Å². The summed E-state index contributed by atoms with van der Waals surface area (Å²) in [6.45, 7) is 6.78. The van der Waals surface area contributed by atoms with Crippen LogP contribution in [0.2, 0.25) is 10.0 Å². The molecule has 1 aromatic rings. The largest absolute Gasteiger partial charge is 0.487 e. The molecule has 1 aromatic carbocycles. The van der Waals surface area contributed by atoms with Gasteiger partial charge in [0.1, 0.15) is 11.7 Å². The van der Waals surface area contributed by atoms with E-state index in [2.05, 4.69) is 0 Å². The Hall–Kier alpha value is -1.13. The molecule has 122 valence electrons. The van der Waals surface area contributed by atoms with Gasteiger partial charge in [0, 0.05) is 25.9 Å². The molecule has 0 aromatic heterocycles. The van der Waals surface area contributed by atoms with E-state index in [0.29, 0.717) is 28.9 Å². The topological polar surface area (TPSA) is 38.8 Å². The van der Waals surface area contributed by atoms with E-state index < -0.39 is 5.60 Å². The Balaban J connectivity index is 1.89. The van der Waals surface area contributed by atoms with Crippen LogP contribution in [0.15, 0.2) is 18.2 Å². The number of piperidine rings is 1. The molecule has 1 aliphatic rings. The molecule has 0 N–H and O–H groups in total. The first-order chi connectivity index (χ1) is 10.3. The minimum atomic E-state index is -0.477. The summed E-state index contributed by atoms with van der Waals surface area (Å²) >= 11 is 12.2. The van der Waals surface area contributed by atoms with Crippen LogP contribution in [-0.2, 0) is 4.74 Å². The normalized spacial score (nSPS) is 16.5. The van der Waals surface area contributed by atoms with Crippen LogP contribution in [0, 0.1) is 0 Å². The molecule has 0 unspecified atom stereocenters. The minimum Gasteiger partial charge on any atom is -0.487 e. The number of benzene rings is 1. The highest BCUT2D eigenvalue weighted by Gasteiger charge is 2.28. The molecule has 4 nitrogen and oxygen atoms in total. The third-order valence-electron chi connectivity index (χ3n) is 3.30. The molecular formula is C16H21Cl2NO3. The summed E-state index contributed by atoms with van der Waals surface area (Å²) in [5.41, 5.74) is -0.477. The summed E-state index contributed by atoms with van der Waals surface area (Å²) in [6.07, 6.45) is 1.17. The highest BCUT2D eigenvalue weighted by molar-refractivity contribution is 6.37. The Morgan fingerprint density at radius 1 is 1.18 bits per heavy atom. The maximum Gasteiger partial charge on any atom is 0.410 e. The molecule has 1 fully saturated rings. The van der Waals surface area contributed by atoms with Crippen molar-refractivity contribution >= 4 is 29.3 Å². The predicted octanol–water partition coefficient (Wildman–Crippen LogP) is 4.77. The molecule has 0 atom stereocenters. The van der Waals surface area contributed by atoms with Gasteiger partial charge in [-0.1, -0.05) is 29.3 Å². The zero-order chi connectivity index (χ0) is 16.3. The Labute approximate surface area is 141 Å². The van der Waals surface area contributed by atoms with Crippen LogP contribution in [0.5, 0.6) is 5.75 Å². The van der Waals surface area contributed by atoms with Gasteiger partial charge >= 0.3 is 6.09 Å². The number of likely N-dealkylation sites (tertiary alicyclic amines) is 1. The molecule has 0 spiro atoms. The van der Waals surface area contributed by atoms with Crippen LogP contribution in [0.4, 0.5) is 4.79 Å². The molecule has 1 saturated heterocycles. The smallest absolute Gasteiger partial charge is 0.410 e. The van der Waals surface area contributed by atoms with Gasteiger partial charge in [-0.3, -0.25) is 0 Å². The van der Waals surface area contributed by atoms with Crippen LogP contribution in [0.25, 0.3) is 0 Å². The van der Waals surface area contributed by atoms with Crippen LogP contribution in [-0.4, -0.2) is 35.8 Å². The number of nitrogens with zero attached hydrogens (tertiary/aromatic N) is 1. The lowest BCUT2D eigenvalue weighted by Gasteiger charge is -2.33. The van der Waals surface area contributed by atoms with Crippen molar-refractivity contribution < 1.29 is 14.3 Å². The van der Waals surface area contributed by atoms with Gasteiger partial charge in [0.05, 0.1) is 10.0 Å². The first kappa shape index (κ1) is 17.2. The van der Waals surface area contributed by atoms with Crippen LogP contribution < -0.4 is 4.74 Å². The van der Waals surface area contributed by atoms with Crippen molar-refractivity contribution in [2.75, 3.05) is 13.1 Å². The lowest BCUT2D eigenvalue weighted by atomic mass is 10.1. The van der Waals surface area contributed by atoms with Gasteiger partial charge in [0.25, 0.3) is 0 Å². The number of rotatable bonds is 2. The predicted molar refractivity (Wildman–Crippen MR) is 87.9 cm³/mol. The number of para-hydroxylation sites is 1. The Morgan fingerprint density at radius 2 is 1.73 bits per heavy atom. The summed E-state index contributed by atoms with van der Waals surface area (Å²) in [7, 11) is 0. The van der Waals surface area contributed by atoms with E-state index in [-0.39, 0.29) is 12.2 Å². The van der Waals surface area contributed by atoms with Gasteiger partial charge in [-0.2, -0.15) is 0 Å². The monoisotopic (exact) mass is 345 g/mol. The van der Waals surface area contributed by atoms with Crippen molar-refractivity contribution in [1.29, 1.82) is 0 Å².